The summed E-state index contributed by atoms with van der Waals surface area (Å²) >= 11 is 1.52. The van der Waals surface area contributed by atoms with E-state index in [0.29, 0.717) is 17.5 Å². The van der Waals surface area contributed by atoms with E-state index in [1.54, 1.807) is 42.5 Å². The Labute approximate surface area is 204 Å². The Kier molecular flexibility index (Phi) is 5.96. The maximum absolute atomic E-state index is 13.1. The zero-order valence-corrected chi connectivity index (χ0v) is 19.6. The van der Waals surface area contributed by atoms with Gasteiger partial charge in [0.1, 0.15) is 0 Å². The topological polar surface area (TPSA) is 102 Å². The van der Waals surface area contributed by atoms with Crippen LogP contribution in [-0.4, -0.2) is 34.5 Å². The van der Waals surface area contributed by atoms with Crippen LogP contribution in [0.15, 0.2) is 66.7 Å². The number of rotatable bonds is 6. The van der Waals surface area contributed by atoms with Gasteiger partial charge < -0.3 is 10.1 Å². The number of carbonyl (C=O) groups is 4. The molecule has 8 heteroatoms. The molecule has 5 rings (SSSR count). The molecule has 35 heavy (non-hydrogen) atoms. The first-order valence-corrected chi connectivity index (χ1v) is 11.9. The zero-order valence-electron chi connectivity index (χ0n) is 18.7. The Morgan fingerprint density at radius 3 is 2.37 bits per heavy atom. The maximum atomic E-state index is 13.1. The second-order valence-electron chi connectivity index (χ2n) is 8.13. The average Bonchev–Trinajstić information content (AvgIpc) is 3.29. The van der Waals surface area contributed by atoms with E-state index in [1.165, 1.54) is 18.3 Å². The molecule has 1 heterocycles. The second-order valence-corrected chi connectivity index (χ2v) is 9.24. The van der Waals surface area contributed by atoms with Crippen molar-refractivity contribution in [3.63, 3.8) is 0 Å². The molecule has 1 aliphatic rings. The molecule has 1 unspecified atom stereocenters. The van der Waals surface area contributed by atoms with Crippen LogP contribution in [0.1, 0.15) is 50.2 Å². The summed E-state index contributed by atoms with van der Waals surface area (Å²) < 4.78 is 6.35. The lowest BCUT2D eigenvalue weighted by molar-refractivity contribution is -0.153. The normalized spacial score (nSPS) is 13.2. The van der Waals surface area contributed by atoms with Gasteiger partial charge in [-0.2, -0.15) is 0 Å². The summed E-state index contributed by atoms with van der Waals surface area (Å²) in [5.41, 5.74) is 2.09. The summed E-state index contributed by atoms with van der Waals surface area (Å²) in [4.78, 5) is 55.6. The largest absolute Gasteiger partial charge is 0.453 e. The smallest absolute Gasteiger partial charge is 0.306 e. The fourth-order valence-electron chi connectivity index (χ4n) is 4.03. The maximum Gasteiger partial charge on any atom is 0.306 e. The van der Waals surface area contributed by atoms with Gasteiger partial charge in [-0.3, -0.25) is 19.2 Å². The third kappa shape index (κ3) is 4.36. The van der Waals surface area contributed by atoms with Gasteiger partial charge in [-0.15, -0.1) is 11.3 Å². The first kappa shape index (κ1) is 22.6. The summed E-state index contributed by atoms with van der Waals surface area (Å²) in [5.74, 6) is -1.74. The lowest BCUT2D eigenvalue weighted by Crippen LogP contribution is -2.31. The molecule has 3 aromatic carbocycles. The summed E-state index contributed by atoms with van der Waals surface area (Å²) in [6.07, 6.45) is -0.591. The van der Waals surface area contributed by atoms with Crippen LogP contribution in [0, 0.1) is 0 Å². The number of nitrogens with zero attached hydrogens (tertiary/aromatic N) is 1. The quantitative estimate of drug-likeness (QED) is 0.354. The molecule has 0 bridgehead atoms. The highest BCUT2D eigenvalue weighted by molar-refractivity contribution is 7.18. The van der Waals surface area contributed by atoms with Crippen LogP contribution < -0.4 is 5.32 Å². The fraction of sp³-hybridized carbons (Fsp3) is 0.148. The number of ketones is 2. The minimum Gasteiger partial charge on any atom is -0.453 e. The van der Waals surface area contributed by atoms with Crippen LogP contribution in [0.3, 0.4) is 0 Å². The third-order valence-corrected chi connectivity index (χ3v) is 6.87. The lowest BCUT2D eigenvalue weighted by atomic mass is 9.83. The van der Waals surface area contributed by atoms with Gasteiger partial charge in [0.25, 0.3) is 5.91 Å². The monoisotopic (exact) mass is 484 g/mol. The van der Waals surface area contributed by atoms with E-state index >= 15 is 0 Å². The van der Waals surface area contributed by atoms with Gasteiger partial charge in [-0.1, -0.05) is 48.5 Å². The van der Waals surface area contributed by atoms with Crippen molar-refractivity contribution in [1.82, 2.24) is 4.98 Å². The first-order chi connectivity index (χ1) is 16.9. The number of amides is 1. The van der Waals surface area contributed by atoms with Crippen molar-refractivity contribution >= 4 is 50.7 Å². The number of hydrogen-bond acceptors (Lipinski definition) is 7. The number of aryl methyl sites for hydroxylation is 1. The number of carbonyl (C=O) groups excluding carboxylic acids is 4. The van der Waals surface area contributed by atoms with Crippen molar-refractivity contribution in [3.05, 3.63) is 94.0 Å². The van der Waals surface area contributed by atoms with E-state index in [2.05, 4.69) is 10.3 Å². The number of benzene rings is 3. The number of aromatic nitrogens is 1. The van der Waals surface area contributed by atoms with Crippen molar-refractivity contribution in [1.29, 1.82) is 0 Å². The van der Waals surface area contributed by atoms with Crippen molar-refractivity contribution in [2.24, 2.45) is 0 Å². The Morgan fingerprint density at radius 1 is 0.914 bits per heavy atom. The molecule has 1 amide bonds. The Balaban J connectivity index is 1.25. The van der Waals surface area contributed by atoms with Crippen LogP contribution in [-0.2, 0) is 20.7 Å². The highest BCUT2D eigenvalue weighted by Gasteiger charge is 2.32. The summed E-state index contributed by atoms with van der Waals surface area (Å²) in [6, 6.07) is 19.0. The molecule has 0 spiro atoms. The number of thiazole rings is 1. The number of para-hydroxylation sites is 1. The standard InChI is InChI=1S/C27H20N2O5S/c1-15(34-23(30)14-13-22-28-19-10-4-5-12-21(19)35-22)27(33)29-20-11-6-9-18-24(20)26(32)17-8-3-2-7-16(17)25(18)31/h2-12,15H,13-14H2,1H3,(H,29,33). The molecule has 4 aromatic rings. The summed E-state index contributed by atoms with van der Waals surface area (Å²) in [5, 5.41) is 3.47. The van der Waals surface area contributed by atoms with Gasteiger partial charge in [0, 0.05) is 23.1 Å². The van der Waals surface area contributed by atoms with Gasteiger partial charge in [0.2, 0.25) is 0 Å². The average molecular weight is 485 g/mol. The second kappa shape index (κ2) is 9.23. The molecule has 0 saturated carbocycles. The van der Waals surface area contributed by atoms with Gasteiger partial charge in [0.15, 0.2) is 17.7 Å². The van der Waals surface area contributed by atoms with Gasteiger partial charge in [0.05, 0.1) is 32.9 Å². The number of fused-ring (bicyclic) bond motifs is 3. The highest BCUT2D eigenvalue weighted by Crippen LogP contribution is 2.32. The van der Waals surface area contributed by atoms with Gasteiger partial charge in [-0.05, 0) is 25.1 Å². The van der Waals surface area contributed by atoms with E-state index in [0.717, 1.165) is 15.2 Å². The van der Waals surface area contributed by atoms with Crippen molar-refractivity contribution < 1.29 is 23.9 Å². The molecular formula is C27H20N2O5S. The lowest BCUT2D eigenvalue weighted by Gasteiger charge is -2.21. The van der Waals surface area contributed by atoms with Crippen LogP contribution in [0.2, 0.25) is 0 Å². The molecule has 0 aliphatic heterocycles. The van der Waals surface area contributed by atoms with Crippen molar-refractivity contribution in [3.8, 4) is 0 Å². The predicted molar refractivity (Wildman–Crippen MR) is 132 cm³/mol. The Bertz CT molecular complexity index is 1470. The molecule has 0 fully saturated rings. The minimum absolute atomic E-state index is 0.0853. The van der Waals surface area contributed by atoms with Crippen molar-refractivity contribution in [2.45, 2.75) is 25.9 Å². The van der Waals surface area contributed by atoms with Gasteiger partial charge >= 0.3 is 5.97 Å². The third-order valence-electron chi connectivity index (χ3n) is 5.77. The molecule has 0 saturated heterocycles. The minimum atomic E-state index is -1.09. The molecule has 1 atom stereocenters. The van der Waals surface area contributed by atoms with Gasteiger partial charge in [-0.25, -0.2) is 4.98 Å². The van der Waals surface area contributed by atoms with Crippen LogP contribution in [0.4, 0.5) is 5.69 Å². The van der Waals surface area contributed by atoms with Crippen LogP contribution in [0.5, 0.6) is 0 Å². The van der Waals surface area contributed by atoms with Crippen molar-refractivity contribution in [2.75, 3.05) is 5.32 Å². The van der Waals surface area contributed by atoms with E-state index in [4.69, 9.17) is 4.74 Å². The molecular weight excluding hydrogens is 464 g/mol. The van der Waals surface area contributed by atoms with E-state index in [9.17, 15) is 19.2 Å². The Hall–Kier alpha value is -4.17. The van der Waals surface area contributed by atoms with E-state index in [1.807, 2.05) is 24.3 Å². The predicted octanol–water partition coefficient (Wildman–Crippen LogP) is 4.57. The molecule has 1 aliphatic carbocycles. The number of nitrogens with one attached hydrogen (secondary N) is 1. The molecule has 7 nitrogen and oxygen atoms in total. The SMILES string of the molecule is CC(OC(=O)CCc1nc2ccccc2s1)C(=O)Nc1cccc2c1C(=O)c1ccccc1C2=O. The van der Waals surface area contributed by atoms with E-state index < -0.39 is 18.0 Å². The first-order valence-electron chi connectivity index (χ1n) is 11.1. The number of anilines is 1. The zero-order chi connectivity index (χ0) is 24.5. The summed E-state index contributed by atoms with van der Waals surface area (Å²) in [6.45, 7) is 1.46. The highest BCUT2D eigenvalue weighted by atomic mass is 32.1. The molecule has 174 valence electrons. The van der Waals surface area contributed by atoms with E-state index in [-0.39, 0.29) is 34.8 Å². The number of ether oxygens (including phenoxy) is 1. The molecule has 0 radical (unpaired) electrons. The van der Waals surface area contributed by atoms with Crippen LogP contribution >= 0.6 is 11.3 Å². The van der Waals surface area contributed by atoms with Crippen LogP contribution in [0.25, 0.3) is 10.2 Å². The molecule has 1 N–H and O–H groups in total. The number of hydrogen-bond donors (Lipinski definition) is 1. The fourth-order valence-corrected chi connectivity index (χ4v) is 5.00. The summed E-state index contributed by atoms with van der Waals surface area (Å²) in [7, 11) is 0. The Morgan fingerprint density at radius 2 is 1.60 bits per heavy atom. The molecule has 1 aromatic heterocycles. The number of esters is 1.